The second kappa shape index (κ2) is 7.29. The highest BCUT2D eigenvalue weighted by molar-refractivity contribution is 7.99. The molecular weight excluding hydrogens is 384 g/mol. The van der Waals surface area contributed by atoms with E-state index in [0.29, 0.717) is 22.9 Å². The Balaban J connectivity index is 1.38. The normalized spacial score (nSPS) is 16.4. The van der Waals surface area contributed by atoms with Crippen molar-refractivity contribution in [1.82, 2.24) is 4.90 Å². The summed E-state index contributed by atoms with van der Waals surface area (Å²) in [6.07, 6.45) is 0. The SMILES string of the molecule is O=C(Nc1ccc2c(c1)oc1ccccc12)C1CSCN1C(=O)c1ccccc1. The number of hydrogen-bond donors (Lipinski definition) is 1. The number of anilines is 1. The van der Waals surface area contributed by atoms with Crippen molar-refractivity contribution in [2.45, 2.75) is 6.04 Å². The zero-order valence-corrected chi connectivity index (χ0v) is 16.3. The number of fused-ring (bicyclic) bond motifs is 3. The largest absolute Gasteiger partial charge is 0.456 e. The molecule has 1 N–H and O–H groups in total. The predicted octanol–water partition coefficient (Wildman–Crippen LogP) is 4.74. The van der Waals surface area contributed by atoms with Gasteiger partial charge in [0.15, 0.2) is 0 Å². The lowest BCUT2D eigenvalue weighted by Crippen LogP contribution is -2.44. The highest BCUT2D eigenvalue weighted by Crippen LogP contribution is 2.31. The molecule has 1 saturated heterocycles. The average Bonchev–Trinajstić information content (AvgIpc) is 3.38. The van der Waals surface area contributed by atoms with Crippen LogP contribution in [-0.4, -0.2) is 34.4 Å². The number of para-hydroxylation sites is 1. The van der Waals surface area contributed by atoms with Crippen molar-refractivity contribution in [3.63, 3.8) is 0 Å². The Labute approximate surface area is 171 Å². The van der Waals surface area contributed by atoms with Crippen molar-refractivity contribution < 1.29 is 14.0 Å². The molecule has 0 aliphatic carbocycles. The number of thioether (sulfide) groups is 1. The van der Waals surface area contributed by atoms with Gasteiger partial charge in [0.05, 0.1) is 5.88 Å². The lowest BCUT2D eigenvalue weighted by atomic mass is 10.1. The molecule has 0 spiro atoms. The van der Waals surface area contributed by atoms with Crippen LogP contribution >= 0.6 is 11.8 Å². The summed E-state index contributed by atoms with van der Waals surface area (Å²) in [6, 6.07) is 22.1. The molecule has 144 valence electrons. The number of furan rings is 1. The van der Waals surface area contributed by atoms with Crippen molar-refractivity contribution in [2.75, 3.05) is 16.9 Å². The van der Waals surface area contributed by atoms with Gasteiger partial charge in [-0.05, 0) is 30.3 Å². The monoisotopic (exact) mass is 402 g/mol. The van der Waals surface area contributed by atoms with E-state index in [1.807, 2.05) is 60.7 Å². The maximum Gasteiger partial charge on any atom is 0.255 e. The topological polar surface area (TPSA) is 62.6 Å². The van der Waals surface area contributed by atoms with Crippen LogP contribution in [0.15, 0.2) is 77.2 Å². The van der Waals surface area contributed by atoms with E-state index in [0.717, 1.165) is 21.9 Å². The van der Waals surface area contributed by atoms with Crippen molar-refractivity contribution >= 4 is 51.2 Å². The second-order valence-electron chi connectivity index (χ2n) is 6.96. The molecule has 1 aliphatic rings. The summed E-state index contributed by atoms with van der Waals surface area (Å²) in [5.41, 5.74) is 2.79. The van der Waals surface area contributed by atoms with Gasteiger partial charge in [-0.25, -0.2) is 0 Å². The number of amides is 2. The van der Waals surface area contributed by atoms with E-state index in [1.54, 1.807) is 28.8 Å². The van der Waals surface area contributed by atoms with E-state index < -0.39 is 6.04 Å². The number of carbonyl (C=O) groups is 2. The molecule has 2 amide bonds. The van der Waals surface area contributed by atoms with E-state index in [-0.39, 0.29) is 11.8 Å². The molecule has 3 aromatic carbocycles. The molecule has 1 fully saturated rings. The van der Waals surface area contributed by atoms with Crippen LogP contribution < -0.4 is 5.32 Å². The number of nitrogens with zero attached hydrogens (tertiary/aromatic N) is 1. The number of rotatable bonds is 3. The number of benzene rings is 3. The van der Waals surface area contributed by atoms with Gasteiger partial charge >= 0.3 is 0 Å². The molecule has 5 rings (SSSR count). The first kappa shape index (κ1) is 17.8. The van der Waals surface area contributed by atoms with E-state index in [9.17, 15) is 9.59 Å². The number of carbonyl (C=O) groups excluding carboxylic acids is 2. The fourth-order valence-corrected chi connectivity index (χ4v) is 4.79. The van der Waals surface area contributed by atoms with E-state index in [1.165, 1.54) is 0 Å². The van der Waals surface area contributed by atoms with Crippen molar-refractivity contribution in [1.29, 1.82) is 0 Å². The summed E-state index contributed by atoms with van der Waals surface area (Å²) < 4.78 is 5.90. The molecule has 1 aromatic heterocycles. The Bertz CT molecular complexity index is 1220. The smallest absolute Gasteiger partial charge is 0.255 e. The first-order valence-corrected chi connectivity index (χ1v) is 10.5. The molecule has 5 nitrogen and oxygen atoms in total. The predicted molar refractivity (Wildman–Crippen MR) is 116 cm³/mol. The molecule has 4 aromatic rings. The Morgan fingerprint density at radius 2 is 1.69 bits per heavy atom. The Morgan fingerprint density at radius 1 is 0.931 bits per heavy atom. The Morgan fingerprint density at radius 3 is 2.55 bits per heavy atom. The molecule has 1 unspecified atom stereocenters. The third-order valence-electron chi connectivity index (χ3n) is 5.11. The maximum atomic E-state index is 12.9. The van der Waals surface area contributed by atoms with Gasteiger partial charge in [-0.3, -0.25) is 9.59 Å². The van der Waals surface area contributed by atoms with Crippen LogP contribution in [-0.2, 0) is 4.79 Å². The summed E-state index contributed by atoms with van der Waals surface area (Å²) >= 11 is 1.58. The Hall–Kier alpha value is -3.25. The molecule has 29 heavy (non-hydrogen) atoms. The van der Waals surface area contributed by atoms with E-state index in [2.05, 4.69) is 5.32 Å². The summed E-state index contributed by atoms with van der Waals surface area (Å²) in [6.45, 7) is 0. The van der Waals surface area contributed by atoms with Gasteiger partial charge in [-0.15, -0.1) is 11.8 Å². The van der Waals surface area contributed by atoms with Gasteiger partial charge in [0, 0.05) is 33.8 Å². The van der Waals surface area contributed by atoms with Gasteiger partial charge in [-0.1, -0.05) is 36.4 Å². The lowest BCUT2D eigenvalue weighted by Gasteiger charge is -2.23. The van der Waals surface area contributed by atoms with Crippen molar-refractivity contribution in [2.24, 2.45) is 0 Å². The molecule has 2 heterocycles. The van der Waals surface area contributed by atoms with Crippen LogP contribution in [0.5, 0.6) is 0 Å². The minimum absolute atomic E-state index is 0.122. The average molecular weight is 402 g/mol. The molecular formula is C23H18N2O3S. The van der Waals surface area contributed by atoms with Crippen LogP contribution in [0.25, 0.3) is 21.9 Å². The first-order valence-electron chi connectivity index (χ1n) is 9.36. The third kappa shape index (κ3) is 3.25. The van der Waals surface area contributed by atoms with Gasteiger partial charge in [0.2, 0.25) is 5.91 Å². The van der Waals surface area contributed by atoms with Gasteiger partial charge in [0.1, 0.15) is 17.2 Å². The van der Waals surface area contributed by atoms with Gasteiger partial charge in [-0.2, -0.15) is 0 Å². The molecule has 1 atom stereocenters. The summed E-state index contributed by atoms with van der Waals surface area (Å²) in [4.78, 5) is 27.4. The summed E-state index contributed by atoms with van der Waals surface area (Å²) in [5, 5.41) is 5.01. The van der Waals surface area contributed by atoms with Crippen molar-refractivity contribution in [3.8, 4) is 0 Å². The minimum atomic E-state index is -0.501. The van der Waals surface area contributed by atoms with Crippen LogP contribution in [0.4, 0.5) is 5.69 Å². The fraction of sp³-hybridized carbons (Fsp3) is 0.130. The number of hydrogen-bond acceptors (Lipinski definition) is 4. The first-order chi connectivity index (χ1) is 14.2. The molecule has 0 radical (unpaired) electrons. The Kier molecular flexibility index (Phi) is 4.48. The van der Waals surface area contributed by atoms with E-state index >= 15 is 0 Å². The minimum Gasteiger partial charge on any atom is -0.456 e. The third-order valence-corrected chi connectivity index (χ3v) is 6.13. The van der Waals surface area contributed by atoms with Crippen LogP contribution in [0.3, 0.4) is 0 Å². The fourth-order valence-electron chi connectivity index (χ4n) is 3.64. The molecule has 0 bridgehead atoms. The zero-order chi connectivity index (χ0) is 19.8. The molecule has 6 heteroatoms. The lowest BCUT2D eigenvalue weighted by molar-refractivity contribution is -0.119. The number of nitrogens with one attached hydrogen (secondary N) is 1. The standard InChI is InChI=1S/C23H18N2O3S/c26-22(19-13-29-14-25(19)23(27)15-6-2-1-3-7-15)24-16-10-11-18-17-8-4-5-9-20(17)28-21(18)12-16/h1-12,19H,13-14H2,(H,24,26). The quantitative estimate of drug-likeness (QED) is 0.538. The maximum absolute atomic E-state index is 12.9. The molecule has 0 saturated carbocycles. The van der Waals surface area contributed by atoms with Crippen LogP contribution in [0.2, 0.25) is 0 Å². The van der Waals surface area contributed by atoms with E-state index in [4.69, 9.17) is 4.42 Å². The van der Waals surface area contributed by atoms with Gasteiger partial charge in [0.25, 0.3) is 5.91 Å². The van der Waals surface area contributed by atoms with Crippen molar-refractivity contribution in [3.05, 3.63) is 78.4 Å². The van der Waals surface area contributed by atoms with Crippen LogP contribution in [0.1, 0.15) is 10.4 Å². The zero-order valence-electron chi connectivity index (χ0n) is 15.5. The van der Waals surface area contributed by atoms with Crippen LogP contribution in [0, 0.1) is 0 Å². The summed E-state index contributed by atoms with van der Waals surface area (Å²) in [7, 11) is 0. The highest BCUT2D eigenvalue weighted by atomic mass is 32.2. The summed E-state index contributed by atoms with van der Waals surface area (Å²) in [5.74, 6) is 0.782. The van der Waals surface area contributed by atoms with Gasteiger partial charge < -0.3 is 14.6 Å². The molecule has 1 aliphatic heterocycles. The highest BCUT2D eigenvalue weighted by Gasteiger charge is 2.35. The second-order valence-corrected chi connectivity index (χ2v) is 7.95.